The quantitative estimate of drug-likeness (QED) is 0.556. The Bertz CT molecular complexity index is 363. The van der Waals surface area contributed by atoms with Gasteiger partial charge >= 0.3 is 5.69 Å². The van der Waals surface area contributed by atoms with E-state index >= 15 is 0 Å². The first-order chi connectivity index (χ1) is 7.10. The van der Waals surface area contributed by atoms with Crippen LogP contribution in [0.3, 0.4) is 0 Å². The first-order valence-electron chi connectivity index (χ1n) is 4.83. The first kappa shape index (κ1) is 11.4. The molecule has 1 heterocycles. The predicted octanol–water partition coefficient (Wildman–Crippen LogP) is 1.54. The Morgan fingerprint density at radius 1 is 1.47 bits per heavy atom. The van der Waals surface area contributed by atoms with Gasteiger partial charge in [-0.2, -0.15) is 0 Å². The molecule has 0 atom stereocenters. The molecule has 0 spiro atoms. The van der Waals surface area contributed by atoms with Gasteiger partial charge in [-0.25, -0.2) is 9.97 Å². The summed E-state index contributed by atoms with van der Waals surface area (Å²) in [5.74, 6) is 0.545. The van der Waals surface area contributed by atoms with Gasteiger partial charge in [-0.15, -0.1) is 0 Å². The first-order valence-corrected chi connectivity index (χ1v) is 4.83. The lowest BCUT2D eigenvalue weighted by Gasteiger charge is -2.18. The average Bonchev–Trinajstić information content (AvgIpc) is 2.19. The molecule has 0 amide bonds. The van der Waals surface area contributed by atoms with Gasteiger partial charge in [0.2, 0.25) is 5.95 Å². The minimum atomic E-state index is -0.471. The van der Waals surface area contributed by atoms with E-state index in [0.717, 1.165) is 13.1 Å². The highest BCUT2D eigenvalue weighted by atomic mass is 16.6. The molecule has 0 aliphatic carbocycles. The summed E-state index contributed by atoms with van der Waals surface area (Å²) in [5, 5.41) is 10.6. The highest BCUT2D eigenvalue weighted by Crippen LogP contribution is 2.16. The molecule has 82 valence electrons. The van der Waals surface area contributed by atoms with Crippen LogP contribution >= 0.6 is 0 Å². The Hall–Kier alpha value is -1.72. The van der Waals surface area contributed by atoms with Crippen LogP contribution in [-0.4, -0.2) is 28.0 Å². The van der Waals surface area contributed by atoms with Crippen molar-refractivity contribution in [2.45, 2.75) is 20.8 Å². The second-order valence-electron chi connectivity index (χ2n) is 3.07. The number of nitrogens with zero attached hydrogens (tertiary/aromatic N) is 4. The third-order valence-electron chi connectivity index (χ3n) is 2.18. The van der Waals surface area contributed by atoms with Gasteiger partial charge in [-0.3, -0.25) is 10.1 Å². The molecule has 0 aliphatic rings. The lowest BCUT2D eigenvalue weighted by Crippen LogP contribution is -2.24. The van der Waals surface area contributed by atoms with Crippen molar-refractivity contribution in [3.8, 4) is 0 Å². The van der Waals surface area contributed by atoms with Crippen LogP contribution in [0.4, 0.5) is 11.6 Å². The summed E-state index contributed by atoms with van der Waals surface area (Å²) in [5.41, 5.74) is 0.364. The molecule has 0 fully saturated rings. The molecular formula is C9H14N4O2. The van der Waals surface area contributed by atoms with Gasteiger partial charge < -0.3 is 4.90 Å². The topological polar surface area (TPSA) is 72.2 Å². The van der Waals surface area contributed by atoms with E-state index in [9.17, 15) is 10.1 Å². The molecule has 6 heteroatoms. The van der Waals surface area contributed by atoms with Gasteiger partial charge in [-0.05, 0) is 20.8 Å². The Labute approximate surface area is 88.1 Å². The molecule has 1 aromatic heterocycles. The highest BCUT2D eigenvalue weighted by Gasteiger charge is 2.14. The van der Waals surface area contributed by atoms with E-state index in [1.165, 1.54) is 6.20 Å². The summed E-state index contributed by atoms with van der Waals surface area (Å²) < 4.78 is 0. The molecule has 0 bridgehead atoms. The maximum atomic E-state index is 10.6. The van der Waals surface area contributed by atoms with Gasteiger partial charge in [0.15, 0.2) is 0 Å². The van der Waals surface area contributed by atoms with Crippen molar-refractivity contribution in [2.24, 2.45) is 0 Å². The summed E-state index contributed by atoms with van der Waals surface area (Å²) in [6, 6.07) is 0. The summed E-state index contributed by atoms with van der Waals surface area (Å²) >= 11 is 0. The zero-order chi connectivity index (χ0) is 11.4. The Morgan fingerprint density at radius 2 is 2.07 bits per heavy atom. The van der Waals surface area contributed by atoms with Crippen LogP contribution in [0.2, 0.25) is 0 Å². The summed E-state index contributed by atoms with van der Waals surface area (Å²) in [4.78, 5) is 20.1. The van der Waals surface area contributed by atoms with E-state index in [4.69, 9.17) is 0 Å². The van der Waals surface area contributed by atoms with E-state index in [1.807, 2.05) is 18.7 Å². The molecule has 0 unspecified atom stereocenters. The van der Waals surface area contributed by atoms with Crippen LogP contribution in [-0.2, 0) is 0 Å². The zero-order valence-corrected chi connectivity index (χ0v) is 9.10. The molecule has 1 rings (SSSR count). The number of aromatic nitrogens is 2. The maximum Gasteiger partial charge on any atom is 0.308 e. The molecule has 0 saturated heterocycles. The van der Waals surface area contributed by atoms with Crippen molar-refractivity contribution in [3.05, 3.63) is 22.0 Å². The molecule has 0 saturated carbocycles. The third kappa shape index (κ3) is 2.39. The molecule has 0 N–H and O–H groups in total. The van der Waals surface area contributed by atoms with Gasteiger partial charge in [0, 0.05) is 13.1 Å². The van der Waals surface area contributed by atoms with Crippen molar-refractivity contribution >= 4 is 11.6 Å². The number of nitro groups is 1. The summed E-state index contributed by atoms with van der Waals surface area (Å²) in [7, 11) is 0. The fourth-order valence-corrected chi connectivity index (χ4v) is 1.29. The van der Waals surface area contributed by atoms with E-state index in [2.05, 4.69) is 9.97 Å². The summed E-state index contributed by atoms with van der Waals surface area (Å²) in [6.07, 6.45) is 1.26. The Morgan fingerprint density at radius 3 is 2.47 bits per heavy atom. The van der Waals surface area contributed by atoms with Crippen LogP contribution in [0.5, 0.6) is 0 Å². The van der Waals surface area contributed by atoms with Crippen LogP contribution in [0.1, 0.15) is 19.5 Å². The molecule has 0 radical (unpaired) electrons. The second kappa shape index (κ2) is 4.68. The highest BCUT2D eigenvalue weighted by molar-refractivity contribution is 5.39. The third-order valence-corrected chi connectivity index (χ3v) is 2.18. The fraction of sp³-hybridized carbons (Fsp3) is 0.556. The Balaban J connectivity index is 3.05. The van der Waals surface area contributed by atoms with Crippen molar-refractivity contribution in [1.82, 2.24) is 9.97 Å². The molecule has 0 aromatic carbocycles. The lowest BCUT2D eigenvalue weighted by atomic mass is 10.4. The van der Waals surface area contributed by atoms with E-state index in [-0.39, 0.29) is 5.69 Å². The van der Waals surface area contributed by atoms with Crippen molar-refractivity contribution in [2.75, 3.05) is 18.0 Å². The van der Waals surface area contributed by atoms with Crippen LogP contribution in [0, 0.1) is 17.0 Å². The standard InChI is InChI=1S/C9H14N4O2/c1-4-12(5-2)9-10-6-8(13(14)15)7(3)11-9/h6H,4-5H2,1-3H3. The van der Waals surface area contributed by atoms with Gasteiger partial charge in [-0.1, -0.05) is 0 Å². The van der Waals surface area contributed by atoms with Crippen LogP contribution in [0.25, 0.3) is 0 Å². The second-order valence-corrected chi connectivity index (χ2v) is 3.07. The van der Waals surface area contributed by atoms with Crippen LogP contribution in [0.15, 0.2) is 6.20 Å². The predicted molar refractivity (Wildman–Crippen MR) is 57.0 cm³/mol. The monoisotopic (exact) mass is 210 g/mol. The van der Waals surface area contributed by atoms with Crippen molar-refractivity contribution in [1.29, 1.82) is 0 Å². The van der Waals surface area contributed by atoms with Crippen molar-refractivity contribution < 1.29 is 4.92 Å². The fourth-order valence-electron chi connectivity index (χ4n) is 1.29. The largest absolute Gasteiger partial charge is 0.341 e. The zero-order valence-electron chi connectivity index (χ0n) is 9.10. The molecule has 6 nitrogen and oxygen atoms in total. The van der Waals surface area contributed by atoms with Crippen molar-refractivity contribution in [3.63, 3.8) is 0 Å². The molecular weight excluding hydrogens is 196 g/mol. The van der Waals surface area contributed by atoms with E-state index < -0.39 is 4.92 Å². The molecule has 15 heavy (non-hydrogen) atoms. The van der Waals surface area contributed by atoms with E-state index in [0.29, 0.717) is 11.6 Å². The molecule has 0 aliphatic heterocycles. The number of hydrogen-bond acceptors (Lipinski definition) is 5. The lowest BCUT2D eigenvalue weighted by molar-refractivity contribution is -0.386. The minimum absolute atomic E-state index is 0.0362. The smallest absolute Gasteiger partial charge is 0.308 e. The van der Waals surface area contributed by atoms with Gasteiger partial charge in [0.05, 0.1) is 4.92 Å². The summed E-state index contributed by atoms with van der Waals surface area (Å²) in [6.45, 7) is 7.17. The maximum absolute atomic E-state index is 10.6. The molecule has 1 aromatic rings. The number of aryl methyl sites for hydroxylation is 1. The Kier molecular flexibility index (Phi) is 3.54. The minimum Gasteiger partial charge on any atom is -0.341 e. The van der Waals surface area contributed by atoms with E-state index in [1.54, 1.807) is 6.92 Å². The number of hydrogen-bond donors (Lipinski definition) is 0. The number of anilines is 1. The normalized spacial score (nSPS) is 10.1. The van der Waals surface area contributed by atoms with Gasteiger partial charge in [0.25, 0.3) is 0 Å². The SMILES string of the molecule is CCN(CC)c1ncc([N+](=O)[O-])c(C)n1. The number of rotatable bonds is 4. The van der Waals surface area contributed by atoms with Gasteiger partial charge in [0.1, 0.15) is 11.9 Å². The van der Waals surface area contributed by atoms with Crippen LogP contribution < -0.4 is 4.90 Å². The average molecular weight is 210 g/mol.